The third-order valence-corrected chi connectivity index (χ3v) is 3.14. The SMILES string of the molecule is O=[N+]([O-])c1cc(Cl)ccc1-c1ccc2[nH]ncc2c1. The second-order valence-corrected chi connectivity index (χ2v) is 4.53. The topological polar surface area (TPSA) is 71.8 Å². The minimum Gasteiger partial charge on any atom is -0.278 e. The Hall–Kier alpha value is -2.40. The van der Waals surface area contributed by atoms with Crippen LogP contribution < -0.4 is 0 Å². The van der Waals surface area contributed by atoms with E-state index in [-0.39, 0.29) is 5.69 Å². The number of nitro benzene ring substituents is 1. The van der Waals surface area contributed by atoms with Crippen molar-refractivity contribution in [1.29, 1.82) is 0 Å². The number of aromatic amines is 1. The number of hydrogen-bond donors (Lipinski definition) is 1. The minimum absolute atomic E-state index is 0.00431. The maximum Gasteiger partial charge on any atom is 0.278 e. The molecule has 3 rings (SSSR count). The molecule has 0 unspecified atom stereocenters. The number of benzene rings is 2. The smallest absolute Gasteiger partial charge is 0.278 e. The van der Waals surface area contributed by atoms with Crippen LogP contribution in [0.15, 0.2) is 42.6 Å². The molecule has 0 atom stereocenters. The first-order valence-corrected chi connectivity index (χ1v) is 5.90. The van der Waals surface area contributed by atoms with Gasteiger partial charge in [0.15, 0.2) is 0 Å². The number of nitro groups is 1. The second kappa shape index (κ2) is 4.37. The number of nitrogens with one attached hydrogen (secondary N) is 1. The van der Waals surface area contributed by atoms with Gasteiger partial charge in [-0.3, -0.25) is 15.2 Å². The Morgan fingerprint density at radius 1 is 1.21 bits per heavy atom. The van der Waals surface area contributed by atoms with Crippen molar-refractivity contribution in [3.8, 4) is 11.1 Å². The summed E-state index contributed by atoms with van der Waals surface area (Å²) in [7, 11) is 0. The Morgan fingerprint density at radius 2 is 2.05 bits per heavy atom. The van der Waals surface area contributed by atoms with Gasteiger partial charge in [-0.05, 0) is 29.8 Å². The molecule has 0 aliphatic rings. The molecule has 0 saturated carbocycles. The highest BCUT2D eigenvalue weighted by Crippen LogP contribution is 2.33. The maximum absolute atomic E-state index is 11.1. The number of halogens is 1. The van der Waals surface area contributed by atoms with Crippen LogP contribution in [-0.4, -0.2) is 15.1 Å². The van der Waals surface area contributed by atoms with Gasteiger partial charge in [-0.15, -0.1) is 0 Å². The van der Waals surface area contributed by atoms with E-state index in [0.717, 1.165) is 16.5 Å². The van der Waals surface area contributed by atoms with Crippen LogP contribution >= 0.6 is 11.6 Å². The van der Waals surface area contributed by atoms with E-state index in [1.165, 1.54) is 6.07 Å². The van der Waals surface area contributed by atoms with Crippen molar-refractivity contribution in [2.24, 2.45) is 0 Å². The first kappa shape index (κ1) is 11.7. The first-order valence-electron chi connectivity index (χ1n) is 5.52. The van der Waals surface area contributed by atoms with Crippen molar-refractivity contribution in [2.45, 2.75) is 0 Å². The van der Waals surface area contributed by atoms with E-state index < -0.39 is 4.92 Å². The van der Waals surface area contributed by atoms with E-state index in [1.54, 1.807) is 18.3 Å². The van der Waals surface area contributed by atoms with Crippen LogP contribution in [0.3, 0.4) is 0 Å². The lowest BCUT2D eigenvalue weighted by molar-refractivity contribution is -0.384. The summed E-state index contributed by atoms with van der Waals surface area (Å²) < 4.78 is 0. The van der Waals surface area contributed by atoms with Crippen molar-refractivity contribution in [3.63, 3.8) is 0 Å². The van der Waals surface area contributed by atoms with E-state index >= 15 is 0 Å². The molecule has 0 bridgehead atoms. The fraction of sp³-hybridized carbons (Fsp3) is 0. The molecule has 6 heteroatoms. The van der Waals surface area contributed by atoms with Crippen molar-refractivity contribution in [2.75, 3.05) is 0 Å². The Bertz CT molecular complexity index is 782. The van der Waals surface area contributed by atoms with Gasteiger partial charge < -0.3 is 0 Å². The van der Waals surface area contributed by atoms with Gasteiger partial charge in [0.1, 0.15) is 0 Å². The monoisotopic (exact) mass is 273 g/mol. The molecule has 1 N–H and O–H groups in total. The number of fused-ring (bicyclic) bond motifs is 1. The summed E-state index contributed by atoms with van der Waals surface area (Å²) >= 11 is 5.81. The predicted molar refractivity (Wildman–Crippen MR) is 73.2 cm³/mol. The molecule has 0 amide bonds. The summed E-state index contributed by atoms with van der Waals surface area (Å²) in [6.07, 6.45) is 1.68. The largest absolute Gasteiger partial charge is 0.278 e. The van der Waals surface area contributed by atoms with Crippen LogP contribution in [0, 0.1) is 10.1 Å². The zero-order valence-corrected chi connectivity index (χ0v) is 10.4. The highest BCUT2D eigenvalue weighted by Gasteiger charge is 2.16. The van der Waals surface area contributed by atoms with Crippen LogP contribution in [-0.2, 0) is 0 Å². The Morgan fingerprint density at radius 3 is 2.84 bits per heavy atom. The van der Waals surface area contributed by atoms with Crippen LogP contribution in [0.4, 0.5) is 5.69 Å². The van der Waals surface area contributed by atoms with Gasteiger partial charge in [-0.2, -0.15) is 5.10 Å². The highest BCUT2D eigenvalue weighted by atomic mass is 35.5. The van der Waals surface area contributed by atoms with E-state index in [9.17, 15) is 10.1 Å². The van der Waals surface area contributed by atoms with Gasteiger partial charge >= 0.3 is 0 Å². The second-order valence-electron chi connectivity index (χ2n) is 4.09. The molecule has 0 fully saturated rings. The Balaban J connectivity index is 2.22. The molecule has 2 aromatic carbocycles. The van der Waals surface area contributed by atoms with Gasteiger partial charge in [0.2, 0.25) is 0 Å². The molecular formula is C13H8ClN3O2. The molecule has 5 nitrogen and oxygen atoms in total. The van der Waals surface area contributed by atoms with Crippen molar-refractivity contribution >= 4 is 28.2 Å². The molecule has 1 heterocycles. The summed E-state index contributed by atoms with van der Waals surface area (Å²) in [4.78, 5) is 10.7. The molecule has 0 aliphatic heterocycles. The van der Waals surface area contributed by atoms with Crippen molar-refractivity contribution in [1.82, 2.24) is 10.2 Å². The lowest BCUT2D eigenvalue weighted by Crippen LogP contribution is -1.91. The molecule has 19 heavy (non-hydrogen) atoms. The molecule has 0 saturated heterocycles. The summed E-state index contributed by atoms with van der Waals surface area (Å²) in [5.74, 6) is 0. The lowest BCUT2D eigenvalue weighted by atomic mass is 10.0. The molecule has 1 aromatic heterocycles. The minimum atomic E-state index is -0.430. The fourth-order valence-electron chi connectivity index (χ4n) is 2.01. The average molecular weight is 274 g/mol. The normalized spacial score (nSPS) is 10.8. The lowest BCUT2D eigenvalue weighted by Gasteiger charge is -2.04. The number of H-pyrrole nitrogens is 1. The zero-order chi connectivity index (χ0) is 13.4. The first-order chi connectivity index (χ1) is 9.15. The summed E-state index contributed by atoms with van der Waals surface area (Å²) in [6.45, 7) is 0. The third kappa shape index (κ3) is 2.04. The van der Waals surface area contributed by atoms with Gasteiger partial charge in [0.05, 0.1) is 22.2 Å². The molecule has 94 valence electrons. The standard InChI is InChI=1S/C13H8ClN3O2/c14-10-2-3-11(13(6-10)17(18)19)8-1-4-12-9(5-8)7-15-16-12/h1-7H,(H,15,16). The third-order valence-electron chi connectivity index (χ3n) is 2.91. The van der Waals surface area contributed by atoms with Gasteiger partial charge in [-0.25, -0.2) is 0 Å². The van der Waals surface area contributed by atoms with E-state index in [0.29, 0.717) is 10.6 Å². The number of aromatic nitrogens is 2. The quantitative estimate of drug-likeness (QED) is 0.570. The molecular weight excluding hydrogens is 266 g/mol. The van der Waals surface area contributed by atoms with E-state index in [4.69, 9.17) is 11.6 Å². The highest BCUT2D eigenvalue weighted by molar-refractivity contribution is 6.31. The number of nitrogens with zero attached hydrogens (tertiary/aromatic N) is 2. The maximum atomic E-state index is 11.1. The molecule has 3 aromatic rings. The molecule has 0 radical (unpaired) electrons. The van der Waals surface area contributed by atoms with Crippen LogP contribution in [0.5, 0.6) is 0 Å². The average Bonchev–Trinajstić information content (AvgIpc) is 2.85. The Labute approximate surface area is 113 Å². The molecule has 0 spiro atoms. The van der Waals surface area contributed by atoms with Crippen LogP contribution in [0.25, 0.3) is 22.0 Å². The van der Waals surface area contributed by atoms with Gasteiger partial charge in [0, 0.05) is 16.5 Å². The van der Waals surface area contributed by atoms with Crippen molar-refractivity contribution in [3.05, 3.63) is 57.7 Å². The predicted octanol–water partition coefficient (Wildman–Crippen LogP) is 3.79. The number of hydrogen-bond acceptors (Lipinski definition) is 3. The Kier molecular flexibility index (Phi) is 2.68. The van der Waals surface area contributed by atoms with Crippen LogP contribution in [0.2, 0.25) is 5.02 Å². The number of rotatable bonds is 2. The van der Waals surface area contributed by atoms with Gasteiger partial charge in [0.25, 0.3) is 5.69 Å². The van der Waals surface area contributed by atoms with Gasteiger partial charge in [-0.1, -0.05) is 17.7 Å². The van der Waals surface area contributed by atoms with E-state index in [1.807, 2.05) is 18.2 Å². The fourth-order valence-corrected chi connectivity index (χ4v) is 2.18. The van der Waals surface area contributed by atoms with E-state index in [2.05, 4.69) is 10.2 Å². The zero-order valence-electron chi connectivity index (χ0n) is 9.63. The van der Waals surface area contributed by atoms with Crippen molar-refractivity contribution < 1.29 is 4.92 Å². The summed E-state index contributed by atoms with van der Waals surface area (Å²) in [5, 5.41) is 19.1. The van der Waals surface area contributed by atoms with Crippen LogP contribution in [0.1, 0.15) is 0 Å². The summed E-state index contributed by atoms with van der Waals surface area (Å²) in [6, 6.07) is 10.2. The molecule has 0 aliphatic carbocycles. The summed E-state index contributed by atoms with van der Waals surface area (Å²) in [5.41, 5.74) is 2.19.